The molecule has 0 spiro atoms. The van der Waals surface area contributed by atoms with Gasteiger partial charge in [-0.25, -0.2) is 8.42 Å². The highest BCUT2D eigenvalue weighted by molar-refractivity contribution is 7.91. The van der Waals surface area contributed by atoms with Gasteiger partial charge < -0.3 is 4.52 Å². The zero-order chi connectivity index (χ0) is 16.6. The fourth-order valence-electron chi connectivity index (χ4n) is 3.21. The van der Waals surface area contributed by atoms with Crippen LogP contribution in [0.4, 0.5) is 0 Å². The quantitative estimate of drug-likeness (QED) is 0.797. The van der Waals surface area contributed by atoms with E-state index in [1.54, 1.807) is 0 Å². The Kier molecular flexibility index (Phi) is 4.14. The van der Waals surface area contributed by atoms with E-state index in [9.17, 15) is 8.42 Å². The molecule has 1 aromatic carbocycles. The van der Waals surface area contributed by atoms with Gasteiger partial charge in [0.15, 0.2) is 15.7 Å². The van der Waals surface area contributed by atoms with Gasteiger partial charge in [0.2, 0.25) is 5.89 Å². The third-order valence-electron chi connectivity index (χ3n) is 4.72. The van der Waals surface area contributed by atoms with Crippen LogP contribution in [-0.4, -0.2) is 41.0 Å². The zero-order valence-corrected chi connectivity index (χ0v) is 14.3. The van der Waals surface area contributed by atoms with Crippen LogP contribution in [0.3, 0.4) is 0 Å². The van der Waals surface area contributed by atoms with Crippen molar-refractivity contribution >= 4 is 9.84 Å². The number of hydrogen-bond donors (Lipinski definition) is 0. The molecule has 128 valence electrons. The summed E-state index contributed by atoms with van der Waals surface area (Å²) in [6.07, 6.45) is 2.93. The van der Waals surface area contributed by atoms with Gasteiger partial charge in [-0.3, -0.25) is 4.90 Å². The third-order valence-corrected chi connectivity index (χ3v) is 6.47. The first-order valence-corrected chi connectivity index (χ1v) is 10.2. The van der Waals surface area contributed by atoms with Gasteiger partial charge in [-0.15, -0.1) is 0 Å². The Labute approximate surface area is 141 Å². The number of sulfone groups is 1. The molecule has 1 saturated heterocycles. The van der Waals surface area contributed by atoms with Gasteiger partial charge in [0.1, 0.15) is 0 Å². The molecule has 2 aromatic rings. The van der Waals surface area contributed by atoms with Crippen LogP contribution in [0.25, 0.3) is 0 Å². The van der Waals surface area contributed by atoms with Gasteiger partial charge in [0.05, 0.1) is 18.1 Å². The van der Waals surface area contributed by atoms with Gasteiger partial charge in [0, 0.05) is 18.5 Å². The molecule has 4 rings (SSSR count). The maximum absolute atomic E-state index is 11.9. The van der Waals surface area contributed by atoms with Gasteiger partial charge in [0.25, 0.3) is 0 Å². The molecule has 1 aliphatic carbocycles. The van der Waals surface area contributed by atoms with Crippen LogP contribution in [0.5, 0.6) is 0 Å². The van der Waals surface area contributed by atoms with Crippen molar-refractivity contribution in [1.82, 2.24) is 15.0 Å². The van der Waals surface area contributed by atoms with E-state index < -0.39 is 9.84 Å². The average molecular weight is 347 g/mol. The van der Waals surface area contributed by atoms with Crippen molar-refractivity contribution in [2.75, 3.05) is 11.5 Å². The first kappa shape index (κ1) is 15.8. The lowest BCUT2D eigenvalue weighted by molar-refractivity contribution is 0.169. The Bertz CT molecular complexity index is 799. The van der Waals surface area contributed by atoms with Crippen molar-refractivity contribution in [2.45, 2.75) is 44.3 Å². The Balaban J connectivity index is 1.52. The molecule has 1 aliphatic heterocycles. The largest absolute Gasteiger partial charge is 0.338 e. The zero-order valence-electron chi connectivity index (χ0n) is 13.5. The summed E-state index contributed by atoms with van der Waals surface area (Å²) in [6.45, 7) is 1.18. The van der Waals surface area contributed by atoms with Crippen LogP contribution in [0.2, 0.25) is 0 Å². The SMILES string of the molecule is O=S1(=O)CC[C@@H](N(Cc2ccccc2)Cc2nc(C3CC3)no2)C1. The number of aromatic nitrogens is 2. The van der Waals surface area contributed by atoms with Crippen LogP contribution in [-0.2, 0) is 22.9 Å². The molecule has 0 unspecified atom stereocenters. The molecule has 7 heteroatoms. The minimum atomic E-state index is -2.93. The molecule has 0 N–H and O–H groups in total. The van der Waals surface area contributed by atoms with Crippen molar-refractivity contribution in [3.8, 4) is 0 Å². The lowest BCUT2D eigenvalue weighted by Gasteiger charge is -2.26. The van der Waals surface area contributed by atoms with E-state index in [0.717, 1.165) is 24.2 Å². The summed E-state index contributed by atoms with van der Waals surface area (Å²) in [5.41, 5.74) is 1.16. The summed E-state index contributed by atoms with van der Waals surface area (Å²) < 4.78 is 29.1. The van der Waals surface area contributed by atoms with E-state index in [1.165, 1.54) is 0 Å². The molecule has 0 amide bonds. The minimum Gasteiger partial charge on any atom is -0.338 e. The lowest BCUT2D eigenvalue weighted by Crippen LogP contribution is -2.35. The first-order chi connectivity index (χ1) is 11.6. The van der Waals surface area contributed by atoms with E-state index in [2.05, 4.69) is 27.2 Å². The van der Waals surface area contributed by atoms with Crippen molar-refractivity contribution < 1.29 is 12.9 Å². The van der Waals surface area contributed by atoms with E-state index >= 15 is 0 Å². The summed E-state index contributed by atoms with van der Waals surface area (Å²) in [4.78, 5) is 6.65. The summed E-state index contributed by atoms with van der Waals surface area (Å²) >= 11 is 0. The summed E-state index contributed by atoms with van der Waals surface area (Å²) in [7, 11) is -2.93. The van der Waals surface area contributed by atoms with E-state index in [4.69, 9.17) is 4.52 Å². The molecule has 0 radical (unpaired) electrons. The molecule has 0 bridgehead atoms. The highest BCUT2D eigenvalue weighted by Gasteiger charge is 2.34. The van der Waals surface area contributed by atoms with E-state index in [1.807, 2.05) is 18.2 Å². The van der Waals surface area contributed by atoms with Crippen LogP contribution >= 0.6 is 0 Å². The fraction of sp³-hybridized carbons (Fsp3) is 0.529. The topological polar surface area (TPSA) is 76.3 Å². The number of nitrogens with zero attached hydrogens (tertiary/aromatic N) is 3. The van der Waals surface area contributed by atoms with Gasteiger partial charge in [-0.1, -0.05) is 35.5 Å². The Morgan fingerprint density at radius 3 is 2.58 bits per heavy atom. The minimum absolute atomic E-state index is 0.00600. The van der Waals surface area contributed by atoms with E-state index in [-0.39, 0.29) is 17.5 Å². The highest BCUT2D eigenvalue weighted by Crippen LogP contribution is 2.38. The van der Waals surface area contributed by atoms with Crippen molar-refractivity contribution in [2.24, 2.45) is 0 Å². The van der Waals surface area contributed by atoms with Gasteiger partial charge >= 0.3 is 0 Å². The van der Waals surface area contributed by atoms with Crippen molar-refractivity contribution in [1.29, 1.82) is 0 Å². The average Bonchev–Trinajstić information content (AvgIpc) is 3.20. The van der Waals surface area contributed by atoms with Crippen LogP contribution in [0.1, 0.15) is 42.5 Å². The molecule has 1 atom stereocenters. The summed E-state index contributed by atoms with van der Waals surface area (Å²) in [6, 6.07) is 10.1. The van der Waals surface area contributed by atoms with Crippen LogP contribution in [0, 0.1) is 0 Å². The second kappa shape index (κ2) is 6.29. The first-order valence-electron chi connectivity index (χ1n) is 8.40. The molecule has 2 heterocycles. The monoisotopic (exact) mass is 347 g/mol. The molecule has 6 nitrogen and oxygen atoms in total. The van der Waals surface area contributed by atoms with Crippen molar-refractivity contribution in [3.63, 3.8) is 0 Å². The second-order valence-corrected chi connectivity index (χ2v) is 9.00. The molecule has 1 saturated carbocycles. The Morgan fingerprint density at radius 2 is 1.92 bits per heavy atom. The molecule has 1 aromatic heterocycles. The molecular weight excluding hydrogens is 326 g/mol. The highest BCUT2D eigenvalue weighted by atomic mass is 32.2. The maximum atomic E-state index is 11.9. The second-order valence-electron chi connectivity index (χ2n) is 6.77. The third kappa shape index (κ3) is 3.67. The Hall–Kier alpha value is -1.73. The predicted molar refractivity (Wildman–Crippen MR) is 89.0 cm³/mol. The van der Waals surface area contributed by atoms with Crippen LogP contribution in [0.15, 0.2) is 34.9 Å². The summed E-state index contributed by atoms with van der Waals surface area (Å²) in [5.74, 6) is 2.31. The molecule has 2 aliphatic rings. The normalized spacial score (nSPS) is 23.0. The molecule has 24 heavy (non-hydrogen) atoms. The lowest BCUT2D eigenvalue weighted by atomic mass is 10.1. The van der Waals surface area contributed by atoms with Crippen LogP contribution < -0.4 is 0 Å². The van der Waals surface area contributed by atoms with Crippen molar-refractivity contribution in [3.05, 3.63) is 47.6 Å². The number of hydrogen-bond acceptors (Lipinski definition) is 6. The summed E-state index contributed by atoms with van der Waals surface area (Å²) in [5, 5.41) is 4.06. The maximum Gasteiger partial charge on any atom is 0.240 e. The van der Waals surface area contributed by atoms with E-state index in [0.29, 0.717) is 31.3 Å². The molecule has 2 fully saturated rings. The number of rotatable bonds is 6. The molecular formula is C17H21N3O3S. The standard InChI is InChI=1S/C17H21N3O3S/c21-24(22)9-8-15(12-24)20(10-13-4-2-1-3-5-13)11-16-18-17(19-23-16)14-6-7-14/h1-5,14-15H,6-12H2/t15-/m1/s1. The van der Waals surface area contributed by atoms with Gasteiger partial charge in [-0.2, -0.15) is 4.98 Å². The smallest absolute Gasteiger partial charge is 0.240 e. The number of benzene rings is 1. The fourth-order valence-corrected chi connectivity index (χ4v) is 4.97. The van der Waals surface area contributed by atoms with Gasteiger partial charge in [-0.05, 0) is 24.8 Å². The predicted octanol–water partition coefficient (Wildman–Crippen LogP) is 2.14. The Morgan fingerprint density at radius 1 is 1.12 bits per heavy atom.